The van der Waals surface area contributed by atoms with Gasteiger partial charge in [0.25, 0.3) is 0 Å². The van der Waals surface area contributed by atoms with Crippen molar-refractivity contribution in [1.29, 1.82) is 0 Å². The summed E-state index contributed by atoms with van der Waals surface area (Å²) in [5, 5.41) is 0. The van der Waals surface area contributed by atoms with Crippen molar-refractivity contribution in [3.05, 3.63) is 48.2 Å². The molecule has 1 atom stereocenters. The van der Waals surface area contributed by atoms with E-state index in [4.69, 9.17) is 21.1 Å². The van der Waals surface area contributed by atoms with E-state index in [1.807, 2.05) is 6.92 Å². The van der Waals surface area contributed by atoms with Crippen LogP contribution in [-0.4, -0.2) is 17.0 Å². The minimum absolute atomic E-state index is 0.0794. The van der Waals surface area contributed by atoms with Crippen molar-refractivity contribution in [3.8, 4) is 17.4 Å². The van der Waals surface area contributed by atoms with Crippen molar-refractivity contribution in [2.75, 3.05) is 5.88 Å². The van der Waals surface area contributed by atoms with Crippen LogP contribution < -0.4 is 9.47 Å². The fourth-order valence-corrected chi connectivity index (χ4v) is 1.64. The highest BCUT2D eigenvalue weighted by Gasteiger charge is 2.30. The Morgan fingerprint density at radius 2 is 1.73 bits per heavy atom. The number of rotatable bonds is 5. The van der Waals surface area contributed by atoms with Crippen molar-refractivity contribution in [1.82, 2.24) is 4.98 Å². The van der Waals surface area contributed by atoms with Gasteiger partial charge in [0.05, 0.1) is 11.4 Å². The molecule has 1 aromatic carbocycles. The van der Waals surface area contributed by atoms with Crippen molar-refractivity contribution >= 4 is 11.6 Å². The molecular formula is C15H13ClF3NO2. The van der Waals surface area contributed by atoms with E-state index < -0.39 is 11.7 Å². The van der Waals surface area contributed by atoms with Gasteiger partial charge in [-0.15, -0.1) is 11.6 Å². The highest BCUT2D eigenvalue weighted by molar-refractivity contribution is 6.18. The second kappa shape index (κ2) is 6.87. The number of benzene rings is 1. The lowest BCUT2D eigenvalue weighted by molar-refractivity contribution is -0.137. The summed E-state index contributed by atoms with van der Waals surface area (Å²) in [4.78, 5) is 3.63. The lowest BCUT2D eigenvalue weighted by Crippen LogP contribution is -2.12. The Balaban J connectivity index is 2.02. The lowest BCUT2D eigenvalue weighted by atomic mass is 10.3. The maximum atomic E-state index is 12.4. The minimum atomic E-state index is -4.41. The van der Waals surface area contributed by atoms with Gasteiger partial charge in [-0.3, -0.25) is 0 Å². The van der Waals surface area contributed by atoms with E-state index in [-0.39, 0.29) is 12.0 Å². The van der Waals surface area contributed by atoms with Crippen LogP contribution in [0.5, 0.6) is 17.4 Å². The van der Waals surface area contributed by atoms with Gasteiger partial charge in [0.15, 0.2) is 0 Å². The topological polar surface area (TPSA) is 31.4 Å². The quantitative estimate of drug-likeness (QED) is 0.730. The second-order valence-corrected chi connectivity index (χ2v) is 4.85. The molecule has 1 aromatic heterocycles. The van der Waals surface area contributed by atoms with Gasteiger partial charge in [-0.25, -0.2) is 4.98 Å². The van der Waals surface area contributed by atoms with Crippen LogP contribution in [0.4, 0.5) is 13.2 Å². The summed E-state index contributed by atoms with van der Waals surface area (Å²) >= 11 is 5.65. The first-order valence-electron chi connectivity index (χ1n) is 6.42. The Kier molecular flexibility index (Phi) is 5.13. The van der Waals surface area contributed by atoms with Crippen LogP contribution in [0.3, 0.4) is 0 Å². The first-order chi connectivity index (χ1) is 10.4. The van der Waals surface area contributed by atoms with E-state index in [9.17, 15) is 13.2 Å². The fraction of sp³-hybridized carbons (Fsp3) is 0.267. The van der Waals surface area contributed by atoms with Gasteiger partial charge in [0.1, 0.15) is 17.6 Å². The Labute approximate surface area is 130 Å². The molecule has 0 saturated carbocycles. The number of hydrogen-bond acceptors (Lipinski definition) is 3. The van der Waals surface area contributed by atoms with Crippen LogP contribution in [0.15, 0.2) is 42.6 Å². The standard InChI is InChI=1S/C15H13ClF3NO2/c1-10(8-16)21-12-3-5-13(6-4-12)22-14-7-2-11(9-20-14)15(17,18)19/h2-7,9-10H,8H2,1H3. The molecule has 2 rings (SSSR count). The third kappa shape index (κ3) is 4.53. The van der Waals surface area contributed by atoms with Crippen molar-refractivity contribution in [2.24, 2.45) is 0 Å². The molecule has 0 N–H and O–H groups in total. The molecule has 1 heterocycles. The van der Waals surface area contributed by atoms with E-state index in [1.54, 1.807) is 24.3 Å². The number of pyridine rings is 1. The molecule has 0 aliphatic heterocycles. The molecule has 3 nitrogen and oxygen atoms in total. The lowest BCUT2D eigenvalue weighted by Gasteiger charge is -2.12. The van der Waals surface area contributed by atoms with Crippen LogP contribution in [0, 0.1) is 0 Å². The van der Waals surface area contributed by atoms with Crippen LogP contribution in [-0.2, 0) is 6.18 Å². The maximum absolute atomic E-state index is 12.4. The zero-order valence-electron chi connectivity index (χ0n) is 11.6. The average molecular weight is 332 g/mol. The molecule has 1 unspecified atom stereocenters. The van der Waals surface area contributed by atoms with Gasteiger partial charge >= 0.3 is 6.18 Å². The van der Waals surface area contributed by atoms with Gasteiger partial charge in [0.2, 0.25) is 5.88 Å². The zero-order chi connectivity index (χ0) is 16.2. The summed E-state index contributed by atoms with van der Waals surface area (Å²) in [6.45, 7) is 1.84. The summed E-state index contributed by atoms with van der Waals surface area (Å²) < 4.78 is 48.1. The third-order valence-corrected chi connectivity index (χ3v) is 3.10. The van der Waals surface area contributed by atoms with Gasteiger partial charge in [-0.2, -0.15) is 13.2 Å². The van der Waals surface area contributed by atoms with Crippen LogP contribution in [0.1, 0.15) is 12.5 Å². The largest absolute Gasteiger partial charge is 0.489 e. The Morgan fingerprint density at radius 3 is 2.23 bits per heavy atom. The van der Waals surface area contributed by atoms with E-state index in [0.29, 0.717) is 17.4 Å². The number of alkyl halides is 4. The molecule has 118 valence electrons. The summed E-state index contributed by atoms with van der Waals surface area (Å²) in [6.07, 6.45) is -3.80. The molecule has 0 amide bonds. The number of nitrogens with zero attached hydrogens (tertiary/aromatic N) is 1. The molecular weight excluding hydrogens is 319 g/mol. The van der Waals surface area contributed by atoms with Gasteiger partial charge in [0, 0.05) is 12.3 Å². The SMILES string of the molecule is CC(CCl)Oc1ccc(Oc2ccc(C(F)(F)F)cn2)cc1. The van der Waals surface area contributed by atoms with Crippen molar-refractivity contribution in [3.63, 3.8) is 0 Å². The Morgan fingerprint density at radius 1 is 1.09 bits per heavy atom. The zero-order valence-corrected chi connectivity index (χ0v) is 12.4. The summed E-state index contributed by atoms with van der Waals surface area (Å²) in [5.41, 5.74) is -0.821. The molecule has 0 fully saturated rings. The smallest absolute Gasteiger partial charge is 0.417 e. The molecule has 22 heavy (non-hydrogen) atoms. The summed E-state index contributed by atoms with van der Waals surface area (Å²) in [6, 6.07) is 8.72. The summed E-state index contributed by atoms with van der Waals surface area (Å²) in [7, 11) is 0. The first kappa shape index (κ1) is 16.4. The van der Waals surface area contributed by atoms with E-state index in [0.717, 1.165) is 12.3 Å². The molecule has 0 aliphatic carbocycles. The molecule has 0 spiro atoms. The predicted octanol–water partition coefficient (Wildman–Crippen LogP) is 4.90. The van der Waals surface area contributed by atoms with Gasteiger partial charge in [-0.1, -0.05) is 0 Å². The Bertz CT molecular complexity index is 600. The second-order valence-electron chi connectivity index (χ2n) is 4.54. The number of halogens is 4. The highest BCUT2D eigenvalue weighted by Crippen LogP contribution is 2.30. The molecule has 7 heteroatoms. The normalized spacial score (nSPS) is 12.8. The minimum Gasteiger partial charge on any atom is -0.489 e. The van der Waals surface area contributed by atoms with Gasteiger partial charge in [-0.05, 0) is 37.3 Å². The molecule has 0 radical (unpaired) electrons. The third-order valence-electron chi connectivity index (χ3n) is 2.66. The van der Waals surface area contributed by atoms with E-state index in [2.05, 4.69) is 4.98 Å². The molecule has 0 saturated heterocycles. The van der Waals surface area contributed by atoms with E-state index >= 15 is 0 Å². The van der Waals surface area contributed by atoms with E-state index in [1.165, 1.54) is 6.07 Å². The molecule has 2 aromatic rings. The first-order valence-corrected chi connectivity index (χ1v) is 6.95. The van der Waals surface area contributed by atoms with Crippen LogP contribution in [0.2, 0.25) is 0 Å². The average Bonchev–Trinajstić information content (AvgIpc) is 2.49. The van der Waals surface area contributed by atoms with Crippen molar-refractivity contribution in [2.45, 2.75) is 19.2 Å². The van der Waals surface area contributed by atoms with Crippen molar-refractivity contribution < 1.29 is 22.6 Å². The monoisotopic (exact) mass is 331 g/mol. The summed E-state index contributed by atoms with van der Waals surface area (Å²) in [5.74, 6) is 1.52. The molecule has 0 bridgehead atoms. The highest BCUT2D eigenvalue weighted by atomic mass is 35.5. The Hall–Kier alpha value is -1.95. The van der Waals surface area contributed by atoms with Crippen LogP contribution >= 0.6 is 11.6 Å². The number of hydrogen-bond donors (Lipinski definition) is 0. The maximum Gasteiger partial charge on any atom is 0.417 e. The van der Waals surface area contributed by atoms with Gasteiger partial charge < -0.3 is 9.47 Å². The number of ether oxygens (including phenoxy) is 2. The predicted molar refractivity (Wildman–Crippen MR) is 76.6 cm³/mol. The van der Waals surface area contributed by atoms with Crippen LogP contribution in [0.25, 0.3) is 0 Å². The molecule has 0 aliphatic rings. The number of aromatic nitrogens is 1. The fourth-order valence-electron chi connectivity index (χ4n) is 1.58.